The first-order valence-electron chi connectivity index (χ1n) is 9.87. The third kappa shape index (κ3) is 5.31. The average Bonchev–Trinajstić information content (AvgIpc) is 3.28. The van der Waals surface area contributed by atoms with E-state index in [0.717, 1.165) is 21.9 Å². The minimum absolute atomic E-state index is 0.113. The lowest BCUT2D eigenvalue weighted by Crippen LogP contribution is -2.52. The summed E-state index contributed by atoms with van der Waals surface area (Å²) < 4.78 is 64.8. The molecule has 2 aromatic heterocycles. The topological polar surface area (TPSA) is 81.1 Å². The lowest BCUT2D eigenvalue weighted by Gasteiger charge is -2.37. The predicted molar refractivity (Wildman–Crippen MR) is 125 cm³/mol. The second-order valence-corrected chi connectivity index (χ2v) is 10.4. The van der Waals surface area contributed by atoms with Gasteiger partial charge in [0.05, 0.1) is 11.1 Å². The Kier molecular flexibility index (Phi) is 7.06. The highest BCUT2D eigenvalue weighted by Gasteiger charge is 2.36. The van der Waals surface area contributed by atoms with Crippen LogP contribution in [-0.2, 0) is 22.0 Å². The fourth-order valence-corrected chi connectivity index (χ4v) is 5.83. The Hall–Kier alpha value is -2.38. The molecule has 6 nitrogen and oxygen atoms in total. The molecule has 0 aliphatic carbocycles. The van der Waals surface area contributed by atoms with E-state index in [2.05, 4.69) is 15.0 Å². The van der Waals surface area contributed by atoms with Gasteiger partial charge in [0.15, 0.2) is 0 Å². The molecule has 3 N–H and O–H groups in total. The SMILES string of the molecule is CN1C(C(=O)Nc2ccc(F)c(Cl)c2)CC(c2ccc(-c3ccc(C(F)(F)F)nc3)s2)NS1=N. The number of hydrogen-bond donors (Lipinski definition) is 3. The number of nitrogens with one attached hydrogen (secondary N) is 3. The van der Waals surface area contributed by atoms with E-state index >= 15 is 0 Å². The van der Waals surface area contributed by atoms with E-state index in [0.29, 0.717) is 17.7 Å². The summed E-state index contributed by atoms with van der Waals surface area (Å²) in [5.74, 6) is -0.951. The molecule has 1 aliphatic heterocycles. The molecular formula is C21H18ClF4N5OS2. The van der Waals surface area contributed by atoms with Crippen LogP contribution in [0.25, 0.3) is 10.4 Å². The molecule has 180 valence electrons. The molecule has 3 atom stereocenters. The van der Waals surface area contributed by atoms with Crippen LogP contribution in [0.4, 0.5) is 23.2 Å². The minimum Gasteiger partial charge on any atom is -0.325 e. The van der Waals surface area contributed by atoms with Gasteiger partial charge in [-0.3, -0.25) is 14.6 Å². The number of alkyl halides is 3. The Morgan fingerprint density at radius 1 is 1.29 bits per heavy atom. The fraction of sp³-hybridized carbons (Fsp3) is 0.238. The van der Waals surface area contributed by atoms with Crippen LogP contribution in [-0.4, -0.2) is 28.3 Å². The molecule has 34 heavy (non-hydrogen) atoms. The number of carbonyl (C=O) groups excluding carboxylic acids is 1. The molecule has 0 bridgehead atoms. The maximum Gasteiger partial charge on any atom is 0.433 e. The largest absolute Gasteiger partial charge is 0.433 e. The summed E-state index contributed by atoms with van der Waals surface area (Å²) in [5.41, 5.74) is -0.0675. The van der Waals surface area contributed by atoms with Crippen LogP contribution >= 0.6 is 22.9 Å². The van der Waals surface area contributed by atoms with E-state index < -0.39 is 34.8 Å². The summed E-state index contributed by atoms with van der Waals surface area (Å²) in [6.07, 6.45) is -2.97. The number of anilines is 1. The minimum atomic E-state index is -4.50. The van der Waals surface area contributed by atoms with E-state index in [1.807, 2.05) is 6.07 Å². The number of benzene rings is 1. The van der Waals surface area contributed by atoms with Crippen molar-refractivity contribution in [1.82, 2.24) is 14.0 Å². The predicted octanol–water partition coefficient (Wildman–Crippen LogP) is 5.81. The zero-order chi connectivity index (χ0) is 24.6. The first-order valence-corrected chi connectivity index (χ1v) is 12.2. The van der Waals surface area contributed by atoms with Gasteiger partial charge in [-0.2, -0.15) is 13.2 Å². The van der Waals surface area contributed by atoms with E-state index in [1.165, 1.54) is 35.7 Å². The number of likely N-dealkylation sites (N-methyl/N-ethyl adjacent to an activating group) is 1. The fourth-order valence-electron chi connectivity index (χ4n) is 3.41. The Morgan fingerprint density at radius 3 is 2.71 bits per heavy atom. The van der Waals surface area contributed by atoms with Gasteiger partial charge in [0.2, 0.25) is 5.91 Å². The molecular weight excluding hydrogens is 514 g/mol. The van der Waals surface area contributed by atoms with Crippen molar-refractivity contribution in [1.29, 1.82) is 4.78 Å². The van der Waals surface area contributed by atoms with Crippen molar-refractivity contribution < 1.29 is 22.4 Å². The monoisotopic (exact) mass is 531 g/mol. The molecule has 0 spiro atoms. The Morgan fingerprint density at radius 2 is 2.06 bits per heavy atom. The number of carbonyl (C=O) groups is 1. The van der Waals surface area contributed by atoms with Crippen LogP contribution in [0.2, 0.25) is 5.02 Å². The van der Waals surface area contributed by atoms with Crippen LogP contribution in [0.15, 0.2) is 48.7 Å². The number of halogens is 5. The van der Waals surface area contributed by atoms with Crippen molar-refractivity contribution in [3.8, 4) is 10.4 Å². The molecule has 0 radical (unpaired) electrons. The Bertz CT molecular complexity index is 1230. The quantitative estimate of drug-likeness (QED) is 0.371. The molecule has 13 heteroatoms. The summed E-state index contributed by atoms with van der Waals surface area (Å²) in [6.45, 7) is 0. The van der Waals surface area contributed by atoms with E-state index in [9.17, 15) is 22.4 Å². The summed E-state index contributed by atoms with van der Waals surface area (Å²) in [7, 11) is 1.66. The molecule has 1 saturated heterocycles. The molecule has 1 aromatic carbocycles. The number of hydrogen-bond acceptors (Lipinski definition) is 4. The van der Waals surface area contributed by atoms with Gasteiger partial charge in [-0.25, -0.2) is 13.4 Å². The molecule has 1 amide bonds. The van der Waals surface area contributed by atoms with Crippen LogP contribution in [0.1, 0.15) is 23.0 Å². The van der Waals surface area contributed by atoms with Crippen molar-refractivity contribution in [3.05, 3.63) is 70.1 Å². The molecule has 0 saturated carbocycles. The first kappa shape index (κ1) is 24.7. The maximum absolute atomic E-state index is 13.4. The number of amides is 1. The summed E-state index contributed by atoms with van der Waals surface area (Å²) >= 11 is 5.97. The second kappa shape index (κ2) is 9.70. The molecule has 1 aliphatic rings. The van der Waals surface area contributed by atoms with Crippen molar-refractivity contribution in [2.75, 3.05) is 12.4 Å². The number of nitrogens with zero attached hydrogens (tertiary/aromatic N) is 2. The molecule has 4 rings (SSSR count). The third-order valence-corrected chi connectivity index (χ3v) is 8.11. The second-order valence-electron chi connectivity index (χ2n) is 7.50. The zero-order valence-corrected chi connectivity index (χ0v) is 19.9. The van der Waals surface area contributed by atoms with Gasteiger partial charge in [0.1, 0.15) is 17.6 Å². The smallest absolute Gasteiger partial charge is 0.325 e. The highest BCUT2D eigenvalue weighted by atomic mass is 35.5. The van der Waals surface area contributed by atoms with Gasteiger partial charge >= 0.3 is 6.18 Å². The number of pyridine rings is 1. The first-order chi connectivity index (χ1) is 16.0. The number of aromatic nitrogens is 1. The van der Waals surface area contributed by atoms with E-state index in [-0.39, 0.29) is 17.0 Å². The Labute approximate surface area is 204 Å². The average molecular weight is 532 g/mol. The molecule has 3 aromatic rings. The van der Waals surface area contributed by atoms with Crippen LogP contribution in [0.5, 0.6) is 0 Å². The van der Waals surface area contributed by atoms with Gasteiger partial charge in [-0.15, -0.1) is 11.3 Å². The summed E-state index contributed by atoms with van der Waals surface area (Å²) in [6, 6.07) is 8.83. The van der Waals surface area contributed by atoms with Crippen LogP contribution in [0.3, 0.4) is 0 Å². The van der Waals surface area contributed by atoms with Crippen LogP contribution < -0.4 is 10.0 Å². The highest BCUT2D eigenvalue weighted by molar-refractivity contribution is 7.81. The normalized spacial score (nSPS) is 21.4. The van der Waals surface area contributed by atoms with Gasteiger partial charge in [-0.1, -0.05) is 11.6 Å². The summed E-state index contributed by atoms with van der Waals surface area (Å²) in [4.78, 5) is 18.0. The van der Waals surface area contributed by atoms with Gasteiger partial charge in [-0.05, 0) is 48.9 Å². The van der Waals surface area contributed by atoms with Crippen molar-refractivity contribution in [3.63, 3.8) is 0 Å². The Balaban J connectivity index is 1.50. The van der Waals surface area contributed by atoms with Gasteiger partial charge in [0.25, 0.3) is 0 Å². The molecule has 3 heterocycles. The maximum atomic E-state index is 13.4. The third-order valence-electron chi connectivity index (χ3n) is 5.24. The van der Waals surface area contributed by atoms with Crippen molar-refractivity contribution in [2.45, 2.75) is 24.7 Å². The number of thiophene rings is 1. The van der Waals surface area contributed by atoms with E-state index in [1.54, 1.807) is 17.4 Å². The van der Waals surface area contributed by atoms with Crippen molar-refractivity contribution in [2.24, 2.45) is 0 Å². The molecule has 1 fully saturated rings. The number of rotatable bonds is 4. The zero-order valence-electron chi connectivity index (χ0n) is 17.5. The highest BCUT2D eigenvalue weighted by Crippen LogP contribution is 2.36. The lowest BCUT2D eigenvalue weighted by atomic mass is 10.1. The lowest BCUT2D eigenvalue weighted by molar-refractivity contribution is -0.141. The molecule has 3 unspecified atom stereocenters. The van der Waals surface area contributed by atoms with Gasteiger partial charge in [0, 0.05) is 45.3 Å². The van der Waals surface area contributed by atoms with Crippen LogP contribution in [0, 0.1) is 10.6 Å². The van der Waals surface area contributed by atoms with Crippen molar-refractivity contribution >= 4 is 45.6 Å². The standard InChI is InChI=1S/C21H18ClF4N5OS2/c1-31-16(20(32)29-12-3-4-14(23)13(22)8-12)9-15(30-34(31)27)18-6-5-17(33-18)11-2-7-19(28-10-11)21(24,25)26/h2-8,10,15-16H,9H2,1H3,(H2,27,30)(H,29,32). The summed E-state index contributed by atoms with van der Waals surface area (Å²) in [5, 5.41) is 2.60. The van der Waals surface area contributed by atoms with E-state index in [4.69, 9.17) is 16.4 Å². The van der Waals surface area contributed by atoms with Gasteiger partial charge < -0.3 is 5.32 Å².